The summed E-state index contributed by atoms with van der Waals surface area (Å²) in [4.78, 5) is 16.6. The smallest absolute Gasteiger partial charge is 0.254 e. The fraction of sp³-hybridized carbons (Fsp3) is 0.500. The van der Waals surface area contributed by atoms with E-state index < -0.39 is 0 Å². The summed E-state index contributed by atoms with van der Waals surface area (Å²) < 4.78 is 1.78. The number of amides is 1. The number of aromatic nitrogens is 3. The van der Waals surface area contributed by atoms with Crippen molar-refractivity contribution >= 4 is 5.91 Å². The molecular formula is C18H24N4O2. The molecule has 3 rings (SSSR count). The quantitative estimate of drug-likeness (QED) is 0.849. The minimum Gasteiger partial charge on any atom is -0.393 e. The molecule has 0 radical (unpaired) electrons. The summed E-state index contributed by atoms with van der Waals surface area (Å²) in [6.07, 6.45) is 8.88. The van der Waals surface area contributed by atoms with Gasteiger partial charge >= 0.3 is 0 Å². The van der Waals surface area contributed by atoms with E-state index in [9.17, 15) is 9.90 Å². The Hall–Kier alpha value is -2.21. The summed E-state index contributed by atoms with van der Waals surface area (Å²) in [5.74, 6) is 0.194. The molecule has 2 aromatic heterocycles. The third-order valence-electron chi connectivity index (χ3n) is 4.63. The molecule has 0 saturated heterocycles. The largest absolute Gasteiger partial charge is 0.393 e. The lowest BCUT2D eigenvalue weighted by Crippen LogP contribution is -2.48. The van der Waals surface area contributed by atoms with Crippen molar-refractivity contribution in [3.63, 3.8) is 0 Å². The van der Waals surface area contributed by atoms with E-state index in [1.165, 1.54) is 0 Å². The second-order valence-corrected chi connectivity index (χ2v) is 6.83. The molecule has 128 valence electrons. The van der Waals surface area contributed by atoms with Crippen LogP contribution in [0.25, 0.3) is 0 Å². The third kappa shape index (κ3) is 3.82. The van der Waals surface area contributed by atoms with Crippen LogP contribution >= 0.6 is 0 Å². The van der Waals surface area contributed by atoms with E-state index in [-0.39, 0.29) is 24.1 Å². The topological polar surface area (TPSA) is 80.0 Å². The molecule has 1 atom stereocenters. The van der Waals surface area contributed by atoms with E-state index >= 15 is 0 Å². The standard InChI is InChI=1S/C18H24N4O2/c1-12(2)22-11-15(10-20-22)18(24)21-17(14-8-16(23)9-14)7-13-3-5-19-6-4-13/h3-6,10-12,14,16-17,23H,7-9H2,1-2H3,(H,21,24). The summed E-state index contributed by atoms with van der Waals surface area (Å²) in [7, 11) is 0. The number of aliphatic hydroxyl groups excluding tert-OH is 1. The number of hydrogen-bond donors (Lipinski definition) is 2. The first-order valence-corrected chi connectivity index (χ1v) is 8.45. The highest BCUT2D eigenvalue weighted by Gasteiger charge is 2.35. The first kappa shape index (κ1) is 16.6. The monoisotopic (exact) mass is 328 g/mol. The summed E-state index contributed by atoms with van der Waals surface area (Å²) >= 11 is 0. The lowest BCUT2D eigenvalue weighted by molar-refractivity contribution is 0.0239. The molecule has 1 unspecified atom stereocenters. The number of pyridine rings is 1. The van der Waals surface area contributed by atoms with Crippen LogP contribution in [0.4, 0.5) is 0 Å². The third-order valence-corrected chi connectivity index (χ3v) is 4.63. The molecule has 6 nitrogen and oxygen atoms in total. The molecule has 1 saturated carbocycles. The summed E-state index contributed by atoms with van der Waals surface area (Å²) in [6.45, 7) is 4.05. The number of hydrogen-bond acceptors (Lipinski definition) is 4. The molecule has 0 aromatic carbocycles. The Kier molecular flexibility index (Phi) is 4.94. The number of carbonyl (C=O) groups excluding carboxylic acids is 1. The van der Waals surface area contributed by atoms with E-state index in [0.717, 1.165) is 24.8 Å². The lowest BCUT2D eigenvalue weighted by Gasteiger charge is -2.38. The first-order valence-electron chi connectivity index (χ1n) is 8.45. The van der Waals surface area contributed by atoms with Crippen LogP contribution in [-0.2, 0) is 6.42 Å². The van der Waals surface area contributed by atoms with Gasteiger partial charge in [0.15, 0.2) is 0 Å². The zero-order chi connectivity index (χ0) is 17.1. The van der Waals surface area contributed by atoms with Gasteiger partial charge in [-0.2, -0.15) is 5.10 Å². The average Bonchev–Trinajstić information content (AvgIpc) is 3.02. The van der Waals surface area contributed by atoms with Gasteiger partial charge in [-0.05, 0) is 56.7 Å². The Balaban J connectivity index is 1.69. The van der Waals surface area contributed by atoms with E-state index in [1.807, 2.05) is 26.0 Å². The van der Waals surface area contributed by atoms with Gasteiger partial charge in [0.1, 0.15) is 0 Å². The van der Waals surface area contributed by atoms with Gasteiger partial charge in [0.25, 0.3) is 5.91 Å². The van der Waals surface area contributed by atoms with Crippen LogP contribution in [-0.4, -0.2) is 37.9 Å². The van der Waals surface area contributed by atoms with Crippen molar-refractivity contribution in [3.8, 4) is 0 Å². The zero-order valence-corrected chi connectivity index (χ0v) is 14.1. The summed E-state index contributed by atoms with van der Waals surface area (Å²) in [5, 5.41) is 17.0. The fourth-order valence-corrected chi connectivity index (χ4v) is 3.06. The molecule has 6 heteroatoms. The van der Waals surface area contributed by atoms with Crippen molar-refractivity contribution in [2.45, 2.75) is 51.3 Å². The predicted molar refractivity (Wildman–Crippen MR) is 90.5 cm³/mol. The second-order valence-electron chi connectivity index (χ2n) is 6.83. The number of aliphatic hydroxyl groups is 1. The first-order chi connectivity index (χ1) is 11.5. The fourth-order valence-electron chi connectivity index (χ4n) is 3.06. The second kappa shape index (κ2) is 7.13. The molecule has 2 N–H and O–H groups in total. The van der Waals surface area contributed by atoms with Crippen molar-refractivity contribution in [3.05, 3.63) is 48.0 Å². The minimum atomic E-state index is -0.240. The normalized spacial score (nSPS) is 21.3. The van der Waals surface area contributed by atoms with Gasteiger partial charge in [-0.1, -0.05) is 0 Å². The molecule has 2 aromatic rings. The predicted octanol–water partition coefficient (Wildman–Crippen LogP) is 1.97. The van der Waals surface area contributed by atoms with Crippen LogP contribution in [0.5, 0.6) is 0 Å². The Labute approximate surface area is 141 Å². The van der Waals surface area contributed by atoms with Crippen molar-refractivity contribution < 1.29 is 9.90 Å². The van der Waals surface area contributed by atoms with E-state index in [0.29, 0.717) is 11.5 Å². The number of nitrogens with zero attached hydrogens (tertiary/aromatic N) is 3. The molecule has 1 aliphatic carbocycles. The van der Waals surface area contributed by atoms with Crippen molar-refractivity contribution in [2.24, 2.45) is 5.92 Å². The van der Waals surface area contributed by atoms with Crippen LogP contribution in [0, 0.1) is 5.92 Å². The highest BCUT2D eigenvalue weighted by atomic mass is 16.3. The minimum absolute atomic E-state index is 0.00528. The Bertz CT molecular complexity index is 677. The van der Waals surface area contributed by atoms with E-state index in [1.54, 1.807) is 29.5 Å². The Morgan fingerprint density at radius 2 is 2.08 bits per heavy atom. The van der Waals surface area contributed by atoms with Crippen LogP contribution in [0.15, 0.2) is 36.9 Å². The maximum absolute atomic E-state index is 12.6. The molecular weight excluding hydrogens is 304 g/mol. The van der Waals surface area contributed by atoms with E-state index in [4.69, 9.17) is 0 Å². The van der Waals surface area contributed by atoms with Gasteiger partial charge in [0, 0.05) is 30.7 Å². The Morgan fingerprint density at radius 1 is 1.38 bits per heavy atom. The number of rotatable bonds is 6. The molecule has 1 amide bonds. The van der Waals surface area contributed by atoms with Gasteiger partial charge in [-0.25, -0.2) is 0 Å². The molecule has 0 aliphatic heterocycles. The van der Waals surface area contributed by atoms with Crippen molar-refractivity contribution in [1.82, 2.24) is 20.1 Å². The summed E-state index contributed by atoms with van der Waals surface area (Å²) in [5.41, 5.74) is 1.71. The maximum atomic E-state index is 12.6. The van der Waals surface area contributed by atoms with Crippen molar-refractivity contribution in [2.75, 3.05) is 0 Å². The van der Waals surface area contributed by atoms with Crippen LogP contribution in [0.2, 0.25) is 0 Å². The molecule has 1 aliphatic rings. The van der Waals surface area contributed by atoms with Crippen LogP contribution < -0.4 is 5.32 Å². The Morgan fingerprint density at radius 3 is 2.67 bits per heavy atom. The van der Waals surface area contributed by atoms with Gasteiger partial charge in [0.2, 0.25) is 0 Å². The molecule has 1 fully saturated rings. The molecule has 2 heterocycles. The van der Waals surface area contributed by atoms with E-state index in [2.05, 4.69) is 15.4 Å². The number of carbonyl (C=O) groups is 1. The van der Waals surface area contributed by atoms with Gasteiger partial charge < -0.3 is 10.4 Å². The highest BCUT2D eigenvalue weighted by molar-refractivity contribution is 5.93. The maximum Gasteiger partial charge on any atom is 0.254 e. The van der Waals surface area contributed by atoms with Crippen LogP contribution in [0.1, 0.15) is 48.7 Å². The average molecular weight is 328 g/mol. The lowest BCUT2D eigenvalue weighted by atomic mass is 9.75. The molecule has 0 spiro atoms. The number of nitrogens with one attached hydrogen (secondary N) is 1. The van der Waals surface area contributed by atoms with Crippen LogP contribution in [0.3, 0.4) is 0 Å². The molecule has 0 bridgehead atoms. The van der Waals surface area contributed by atoms with Gasteiger partial charge in [-0.3, -0.25) is 14.5 Å². The van der Waals surface area contributed by atoms with Crippen molar-refractivity contribution in [1.29, 1.82) is 0 Å². The van der Waals surface area contributed by atoms with Gasteiger partial charge in [0.05, 0.1) is 17.9 Å². The molecule has 24 heavy (non-hydrogen) atoms. The summed E-state index contributed by atoms with van der Waals surface area (Å²) in [6, 6.07) is 4.16. The van der Waals surface area contributed by atoms with Gasteiger partial charge in [-0.15, -0.1) is 0 Å². The SMILES string of the molecule is CC(C)n1cc(C(=O)NC(Cc2ccncc2)C2CC(O)C2)cn1. The zero-order valence-electron chi connectivity index (χ0n) is 14.1. The highest BCUT2D eigenvalue weighted by Crippen LogP contribution is 2.31.